The van der Waals surface area contributed by atoms with Crippen molar-refractivity contribution in [2.45, 2.75) is 18.8 Å². The molecule has 1 fully saturated rings. The summed E-state index contributed by atoms with van der Waals surface area (Å²) in [7, 11) is 0. The van der Waals surface area contributed by atoms with E-state index in [-0.39, 0.29) is 17.2 Å². The van der Waals surface area contributed by atoms with Crippen LogP contribution in [-0.4, -0.2) is 39.1 Å². The molecular weight excluding hydrogens is 428 g/mol. The molecule has 1 aliphatic heterocycles. The molecule has 1 saturated heterocycles. The molecule has 0 radical (unpaired) electrons. The lowest BCUT2D eigenvalue weighted by atomic mass is 9.97. The van der Waals surface area contributed by atoms with Crippen LogP contribution in [0.5, 0.6) is 0 Å². The second kappa shape index (κ2) is 7.74. The van der Waals surface area contributed by atoms with Gasteiger partial charge in [-0.15, -0.1) is 11.3 Å². The first-order valence-corrected chi connectivity index (χ1v) is 10.3. The van der Waals surface area contributed by atoms with E-state index in [9.17, 15) is 9.59 Å². The van der Waals surface area contributed by atoms with Gasteiger partial charge in [-0.05, 0) is 31.0 Å². The number of thiazole rings is 1. The van der Waals surface area contributed by atoms with Crippen LogP contribution in [0.2, 0.25) is 0 Å². The highest BCUT2D eigenvalue weighted by atomic mass is 79.9. The molecule has 0 saturated carbocycles. The summed E-state index contributed by atoms with van der Waals surface area (Å²) in [5.74, 6) is 0.224. The van der Waals surface area contributed by atoms with E-state index in [1.165, 1.54) is 12.1 Å². The minimum absolute atomic E-state index is 0.140. The molecule has 6 nitrogen and oxygen atoms in total. The van der Waals surface area contributed by atoms with Crippen molar-refractivity contribution in [3.63, 3.8) is 0 Å². The number of carbonyl (C=O) groups is 1. The number of benzene rings is 1. The van der Waals surface area contributed by atoms with Crippen LogP contribution >= 0.6 is 27.3 Å². The molecule has 1 amide bonds. The van der Waals surface area contributed by atoms with Gasteiger partial charge < -0.3 is 4.90 Å². The van der Waals surface area contributed by atoms with Gasteiger partial charge in [-0.2, -0.15) is 5.10 Å². The molecule has 0 atom stereocenters. The van der Waals surface area contributed by atoms with Crippen LogP contribution < -0.4 is 5.56 Å². The summed E-state index contributed by atoms with van der Waals surface area (Å²) in [6.45, 7) is 1.33. The van der Waals surface area contributed by atoms with Crippen molar-refractivity contribution < 1.29 is 4.79 Å². The smallest absolute Gasteiger partial charge is 0.274 e. The van der Waals surface area contributed by atoms with Gasteiger partial charge in [0.15, 0.2) is 0 Å². The summed E-state index contributed by atoms with van der Waals surface area (Å²) in [6.07, 6.45) is 1.75. The summed E-state index contributed by atoms with van der Waals surface area (Å²) in [4.78, 5) is 30.2. The first-order valence-electron chi connectivity index (χ1n) is 8.66. The number of nitrogens with one attached hydrogen (secondary N) is 1. The summed E-state index contributed by atoms with van der Waals surface area (Å²) in [6, 6.07) is 10.9. The summed E-state index contributed by atoms with van der Waals surface area (Å²) in [5.41, 5.74) is 2.06. The standard InChI is InChI=1S/C19H17BrN4O2S/c20-14-3-1-2-13(10-14)16-11-27-18(21-16)12-6-8-24(9-7-12)19(26)15-4-5-17(25)23-22-15/h1-5,10-12H,6-9H2,(H,23,25). The van der Waals surface area contributed by atoms with Crippen molar-refractivity contribution in [2.75, 3.05) is 13.1 Å². The lowest BCUT2D eigenvalue weighted by Gasteiger charge is -2.30. The van der Waals surface area contributed by atoms with Gasteiger partial charge in [0, 0.05) is 40.5 Å². The number of likely N-dealkylation sites (tertiary alicyclic amines) is 1. The number of aromatic amines is 1. The number of halogens is 1. The molecule has 0 aliphatic carbocycles. The SMILES string of the molecule is O=C(c1ccc(=O)[nH]n1)N1CCC(c2nc(-c3cccc(Br)c3)cs2)CC1. The molecule has 4 rings (SSSR count). The Morgan fingerprint density at radius 2 is 2.04 bits per heavy atom. The zero-order valence-corrected chi connectivity index (χ0v) is 16.8. The second-order valence-electron chi connectivity index (χ2n) is 6.45. The Kier molecular flexibility index (Phi) is 5.18. The molecule has 3 heterocycles. The summed E-state index contributed by atoms with van der Waals surface area (Å²) >= 11 is 5.18. The lowest BCUT2D eigenvalue weighted by molar-refractivity contribution is 0.0705. The Labute approximate surface area is 168 Å². The lowest BCUT2D eigenvalue weighted by Crippen LogP contribution is -2.38. The summed E-state index contributed by atoms with van der Waals surface area (Å²) in [5, 5.41) is 9.36. The number of nitrogens with zero attached hydrogens (tertiary/aromatic N) is 3. The Bertz CT molecular complexity index is 1000. The van der Waals surface area contributed by atoms with Gasteiger partial charge in [-0.25, -0.2) is 10.1 Å². The zero-order chi connectivity index (χ0) is 18.8. The molecular formula is C19H17BrN4O2S. The number of hydrogen-bond acceptors (Lipinski definition) is 5. The Morgan fingerprint density at radius 3 is 2.74 bits per heavy atom. The van der Waals surface area contributed by atoms with E-state index in [2.05, 4.69) is 43.6 Å². The van der Waals surface area contributed by atoms with Crippen molar-refractivity contribution in [1.29, 1.82) is 0 Å². The first-order chi connectivity index (χ1) is 13.1. The van der Waals surface area contributed by atoms with Gasteiger partial charge in [0.05, 0.1) is 10.7 Å². The molecule has 138 valence electrons. The van der Waals surface area contributed by atoms with Crippen LogP contribution in [0.25, 0.3) is 11.3 Å². The maximum atomic E-state index is 12.5. The van der Waals surface area contributed by atoms with Crippen molar-refractivity contribution in [3.05, 3.63) is 67.3 Å². The third-order valence-corrected chi connectivity index (χ3v) is 6.17. The fourth-order valence-electron chi connectivity index (χ4n) is 3.21. The fourth-order valence-corrected chi connectivity index (χ4v) is 4.61. The van der Waals surface area contributed by atoms with Crippen LogP contribution in [0.15, 0.2) is 51.0 Å². The minimum Gasteiger partial charge on any atom is -0.337 e. The maximum Gasteiger partial charge on any atom is 0.274 e. The number of piperidine rings is 1. The quantitative estimate of drug-likeness (QED) is 0.667. The second-order valence-corrected chi connectivity index (χ2v) is 8.26. The van der Waals surface area contributed by atoms with Crippen molar-refractivity contribution in [3.8, 4) is 11.3 Å². The highest BCUT2D eigenvalue weighted by molar-refractivity contribution is 9.10. The predicted molar refractivity (Wildman–Crippen MR) is 108 cm³/mol. The van der Waals surface area contributed by atoms with Crippen LogP contribution in [-0.2, 0) is 0 Å². The van der Waals surface area contributed by atoms with E-state index >= 15 is 0 Å². The number of rotatable bonds is 3. The molecule has 1 aromatic carbocycles. The number of H-pyrrole nitrogens is 1. The Balaban J connectivity index is 1.41. The number of carbonyl (C=O) groups excluding carboxylic acids is 1. The van der Waals surface area contributed by atoms with E-state index in [0.29, 0.717) is 19.0 Å². The van der Waals surface area contributed by atoms with E-state index in [1.54, 1.807) is 16.2 Å². The van der Waals surface area contributed by atoms with E-state index in [4.69, 9.17) is 4.98 Å². The molecule has 0 bridgehead atoms. The average Bonchev–Trinajstić information content (AvgIpc) is 3.18. The maximum absolute atomic E-state index is 12.5. The molecule has 8 heteroatoms. The largest absolute Gasteiger partial charge is 0.337 e. The van der Waals surface area contributed by atoms with E-state index in [0.717, 1.165) is 33.6 Å². The van der Waals surface area contributed by atoms with Gasteiger partial charge in [0.25, 0.3) is 11.5 Å². The molecule has 0 spiro atoms. The average molecular weight is 445 g/mol. The van der Waals surface area contributed by atoms with Crippen molar-refractivity contribution in [2.24, 2.45) is 0 Å². The molecule has 1 N–H and O–H groups in total. The van der Waals surface area contributed by atoms with Gasteiger partial charge in [-0.3, -0.25) is 9.59 Å². The van der Waals surface area contributed by atoms with Gasteiger partial charge in [-0.1, -0.05) is 28.1 Å². The first kappa shape index (κ1) is 18.1. The van der Waals surface area contributed by atoms with Gasteiger partial charge in [0.2, 0.25) is 0 Å². The van der Waals surface area contributed by atoms with E-state index < -0.39 is 0 Å². The van der Waals surface area contributed by atoms with Gasteiger partial charge >= 0.3 is 0 Å². The number of hydrogen-bond donors (Lipinski definition) is 1. The number of amides is 1. The molecule has 0 unspecified atom stereocenters. The highest BCUT2D eigenvalue weighted by Gasteiger charge is 2.27. The normalized spacial score (nSPS) is 15.1. The highest BCUT2D eigenvalue weighted by Crippen LogP contribution is 2.33. The van der Waals surface area contributed by atoms with Crippen LogP contribution in [0.4, 0.5) is 0 Å². The predicted octanol–water partition coefficient (Wildman–Crippen LogP) is 3.68. The van der Waals surface area contributed by atoms with Gasteiger partial charge in [0.1, 0.15) is 5.69 Å². The molecule has 27 heavy (non-hydrogen) atoms. The van der Waals surface area contributed by atoms with Crippen LogP contribution in [0, 0.1) is 0 Å². The third kappa shape index (κ3) is 4.01. The molecule has 1 aliphatic rings. The Hall–Kier alpha value is -2.32. The monoisotopic (exact) mass is 444 g/mol. The third-order valence-electron chi connectivity index (χ3n) is 4.67. The van der Waals surface area contributed by atoms with Crippen molar-refractivity contribution >= 4 is 33.2 Å². The molecule has 3 aromatic rings. The molecule has 2 aromatic heterocycles. The topological polar surface area (TPSA) is 79.0 Å². The van der Waals surface area contributed by atoms with Crippen molar-refractivity contribution in [1.82, 2.24) is 20.1 Å². The minimum atomic E-state index is -0.310. The number of aromatic nitrogens is 3. The van der Waals surface area contributed by atoms with Crippen LogP contribution in [0.3, 0.4) is 0 Å². The zero-order valence-electron chi connectivity index (χ0n) is 14.4. The summed E-state index contributed by atoms with van der Waals surface area (Å²) < 4.78 is 1.04. The van der Waals surface area contributed by atoms with Crippen LogP contribution in [0.1, 0.15) is 34.3 Å². The van der Waals surface area contributed by atoms with E-state index in [1.807, 2.05) is 12.1 Å². The fraction of sp³-hybridized carbons (Fsp3) is 0.263. The Morgan fingerprint density at radius 1 is 1.22 bits per heavy atom.